The predicted octanol–water partition coefficient (Wildman–Crippen LogP) is 2.05. The SMILES string of the molecule is CCN(CC)NC(=O)c1cc(F)c(NC(C)=O)c(F)c1F. The van der Waals surface area contributed by atoms with Crippen LogP contribution >= 0.6 is 0 Å². The minimum Gasteiger partial charge on any atom is -0.321 e. The molecule has 5 nitrogen and oxygen atoms in total. The van der Waals surface area contributed by atoms with E-state index in [9.17, 15) is 22.8 Å². The summed E-state index contributed by atoms with van der Waals surface area (Å²) < 4.78 is 41.2. The van der Waals surface area contributed by atoms with Gasteiger partial charge in [0, 0.05) is 20.0 Å². The molecule has 0 spiro atoms. The van der Waals surface area contributed by atoms with Crippen molar-refractivity contribution in [3.05, 3.63) is 29.1 Å². The molecule has 0 fully saturated rings. The molecule has 0 atom stereocenters. The van der Waals surface area contributed by atoms with E-state index < -0.39 is 40.5 Å². The van der Waals surface area contributed by atoms with Gasteiger partial charge in [-0.25, -0.2) is 18.2 Å². The molecule has 1 rings (SSSR count). The number of rotatable bonds is 5. The molecule has 0 unspecified atom stereocenters. The summed E-state index contributed by atoms with van der Waals surface area (Å²) in [5, 5.41) is 3.28. The molecular formula is C13H16F3N3O2. The van der Waals surface area contributed by atoms with Gasteiger partial charge in [0.2, 0.25) is 5.91 Å². The molecule has 0 heterocycles. The van der Waals surface area contributed by atoms with Gasteiger partial charge < -0.3 is 5.32 Å². The molecule has 0 aliphatic carbocycles. The molecule has 0 aliphatic heterocycles. The highest BCUT2D eigenvalue weighted by Crippen LogP contribution is 2.24. The number of anilines is 1. The van der Waals surface area contributed by atoms with Crippen molar-refractivity contribution < 1.29 is 22.8 Å². The second-order valence-electron chi connectivity index (χ2n) is 4.20. The van der Waals surface area contributed by atoms with E-state index in [-0.39, 0.29) is 0 Å². The van der Waals surface area contributed by atoms with Gasteiger partial charge in [0.05, 0.1) is 5.56 Å². The molecule has 2 N–H and O–H groups in total. The highest BCUT2D eigenvalue weighted by atomic mass is 19.2. The standard InChI is InChI=1S/C13H16F3N3O2/c1-4-19(5-2)18-13(21)8-6-9(14)12(17-7(3)20)11(16)10(8)15/h6H,4-5H2,1-3H3,(H,17,20)(H,18,21). The number of hydrogen-bond acceptors (Lipinski definition) is 3. The van der Waals surface area contributed by atoms with E-state index in [4.69, 9.17) is 0 Å². The average Bonchev–Trinajstić information content (AvgIpc) is 2.44. The van der Waals surface area contributed by atoms with E-state index in [1.54, 1.807) is 13.8 Å². The normalized spacial score (nSPS) is 10.6. The smallest absolute Gasteiger partial charge is 0.268 e. The van der Waals surface area contributed by atoms with Gasteiger partial charge in [-0.1, -0.05) is 13.8 Å². The maximum absolute atomic E-state index is 13.8. The van der Waals surface area contributed by atoms with Crippen LogP contribution in [0.15, 0.2) is 6.07 Å². The van der Waals surface area contributed by atoms with Crippen molar-refractivity contribution >= 4 is 17.5 Å². The highest BCUT2D eigenvalue weighted by Gasteiger charge is 2.24. The topological polar surface area (TPSA) is 61.4 Å². The fraction of sp³-hybridized carbons (Fsp3) is 0.385. The monoisotopic (exact) mass is 303 g/mol. The van der Waals surface area contributed by atoms with Crippen LogP contribution in [0.25, 0.3) is 0 Å². The van der Waals surface area contributed by atoms with Gasteiger partial charge in [0.1, 0.15) is 5.69 Å². The number of carbonyl (C=O) groups is 2. The zero-order valence-corrected chi connectivity index (χ0v) is 11.9. The first kappa shape index (κ1) is 17.0. The summed E-state index contributed by atoms with van der Waals surface area (Å²) in [6.45, 7) is 5.41. The number of halogens is 3. The zero-order chi connectivity index (χ0) is 16.2. The summed E-state index contributed by atoms with van der Waals surface area (Å²) in [5.74, 6) is -6.09. The summed E-state index contributed by atoms with van der Waals surface area (Å²) in [6.07, 6.45) is 0. The Labute approximate surface area is 120 Å². The van der Waals surface area contributed by atoms with Crippen molar-refractivity contribution in [3.8, 4) is 0 Å². The van der Waals surface area contributed by atoms with Crippen molar-refractivity contribution in [2.45, 2.75) is 20.8 Å². The highest BCUT2D eigenvalue weighted by molar-refractivity contribution is 5.95. The maximum atomic E-state index is 13.8. The molecule has 1 aromatic rings. The van der Waals surface area contributed by atoms with Gasteiger partial charge in [-0.3, -0.25) is 15.0 Å². The lowest BCUT2D eigenvalue weighted by atomic mass is 10.1. The zero-order valence-electron chi connectivity index (χ0n) is 11.9. The largest absolute Gasteiger partial charge is 0.321 e. The van der Waals surface area contributed by atoms with Crippen LogP contribution in [0.1, 0.15) is 31.1 Å². The number of benzene rings is 1. The average molecular weight is 303 g/mol. The minimum atomic E-state index is -1.62. The second kappa shape index (κ2) is 7.07. The van der Waals surface area contributed by atoms with E-state index in [2.05, 4.69) is 5.43 Å². The third kappa shape index (κ3) is 3.94. The molecule has 2 amide bonds. The lowest BCUT2D eigenvalue weighted by molar-refractivity contribution is -0.114. The summed E-state index contributed by atoms with van der Waals surface area (Å²) in [4.78, 5) is 22.6. The maximum Gasteiger partial charge on any atom is 0.268 e. The Bertz CT molecular complexity index is 560. The molecule has 0 aliphatic rings. The van der Waals surface area contributed by atoms with Crippen LogP contribution in [0.2, 0.25) is 0 Å². The first-order chi connectivity index (χ1) is 9.81. The molecule has 0 saturated heterocycles. The van der Waals surface area contributed by atoms with Crippen LogP contribution in [0, 0.1) is 17.5 Å². The Morgan fingerprint density at radius 2 is 1.71 bits per heavy atom. The Morgan fingerprint density at radius 3 is 2.19 bits per heavy atom. The molecule has 21 heavy (non-hydrogen) atoms. The van der Waals surface area contributed by atoms with Gasteiger partial charge >= 0.3 is 0 Å². The first-order valence-electron chi connectivity index (χ1n) is 6.32. The molecule has 0 bridgehead atoms. The number of carbonyl (C=O) groups excluding carboxylic acids is 2. The van der Waals surface area contributed by atoms with E-state index in [1.807, 2.05) is 5.32 Å². The Kier molecular flexibility index (Phi) is 5.71. The number of nitrogens with zero attached hydrogens (tertiary/aromatic N) is 1. The summed E-state index contributed by atoms with van der Waals surface area (Å²) in [6, 6.07) is 0.544. The van der Waals surface area contributed by atoms with Crippen molar-refractivity contribution in [1.29, 1.82) is 0 Å². The molecule has 0 saturated carbocycles. The summed E-state index contributed by atoms with van der Waals surface area (Å²) in [7, 11) is 0. The van der Waals surface area contributed by atoms with Crippen molar-refractivity contribution in [3.63, 3.8) is 0 Å². The van der Waals surface area contributed by atoms with Crippen LogP contribution in [0.3, 0.4) is 0 Å². The third-order valence-electron chi connectivity index (χ3n) is 2.73. The van der Waals surface area contributed by atoms with Gasteiger partial charge in [0.15, 0.2) is 17.5 Å². The quantitative estimate of drug-likeness (QED) is 0.646. The number of hydrazine groups is 1. The third-order valence-corrected chi connectivity index (χ3v) is 2.73. The van der Waals surface area contributed by atoms with Crippen LogP contribution in [-0.4, -0.2) is 29.9 Å². The van der Waals surface area contributed by atoms with E-state index in [0.717, 1.165) is 6.92 Å². The van der Waals surface area contributed by atoms with E-state index >= 15 is 0 Å². The van der Waals surface area contributed by atoms with Crippen LogP contribution in [-0.2, 0) is 4.79 Å². The number of nitrogens with one attached hydrogen (secondary N) is 2. The molecule has 116 valence electrons. The number of hydrogen-bond donors (Lipinski definition) is 2. The van der Waals surface area contributed by atoms with Gasteiger partial charge in [-0.15, -0.1) is 0 Å². The first-order valence-corrected chi connectivity index (χ1v) is 6.32. The van der Waals surface area contributed by atoms with E-state index in [0.29, 0.717) is 19.2 Å². The molecule has 0 aromatic heterocycles. The van der Waals surface area contributed by atoms with Crippen LogP contribution < -0.4 is 10.7 Å². The minimum absolute atomic E-state index is 0.443. The van der Waals surface area contributed by atoms with E-state index in [1.165, 1.54) is 5.01 Å². The lowest BCUT2D eigenvalue weighted by Crippen LogP contribution is -2.42. The summed E-state index contributed by atoms with van der Waals surface area (Å²) in [5.41, 5.74) is 0.632. The fourth-order valence-corrected chi connectivity index (χ4v) is 1.64. The Balaban J connectivity index is 3.16. The lowest BCUT2D eigenvalue weighted by Gasteiger charge is -2.19. The summed E-state index contributed by atoms with van der Waals surface area (Å²) >= 11 is 0. The fourth-order valence-electron chi connectivity index (χ4n) is 1.64. The second-order valence-corrected chi connectivity index (χ2v) is 4.20. The van der Waals surface area contributed by atoms with Gasteiger partial charge in [-0.2, -0.15) is 0 Å². The number of amides is 2. The van der Waals surface area contributed by atoms with Crippen molar-refractivity contribution in [2.75, 3.05) is 18.4 Å². The molecule has 1 aromatic carbocycles. The van der Waals surface area contributed by atoms with Crippen LogP contribution in [0.4, 0.5) is 18.9 Å². The van der Waals surface area contributed by atoms with Crippen molar-refractivity contribution in [2.24, 2.45) is 0 Å². The Morgan fingerprint density at radius 1 is 1.14 bits per heavy atom. The van der Waals surface area contributed by atoms with Crippen LogP contribution in [0.5, 0.6) is 0 Å². The Hall–Kier alpha value is -2.09. The predicted molar refractivity (Wildman–Crippen MR) is 71.0 cm³/mol. The molecule has 8 heteroatoms. The van der Waals surface area contributed by atoms with Gasteiger partial charge in [0.25, 0.3) is 5.91 Å². The molecule has 0 radical (unpaired) electrons. The van der Waals surface area contributed by atoms with Gasteiger partial charge in [-0.05, 0) is 6.07 Å². The van der Waals surface area contributed by atoms with Crippen molar-refractivity contribution in [1.82, 2.24) is 10.4 Å². The molecular weight excluding hydrogens is 287 g/mol.